The molecular weight excluding hydrogens is 378 g/mol. The van der Waals surface area contributed by atoms with Crippen LogP contribution >= 0.6 is 11.6 Å². The highest BCUT2D eigenvalue weighted by atomic mass is 35.5. The number of hydrogen-bond acceptors (Lipinski definition) is 3. The van der Waals surface area contributed by atoms with Gasteiger partial charge in [-0.3, -0.25) is 4.79 Å². The highest BCUT2D eigenvalue weighted by molar-refractivity contribution is 6.30. The summed E-state index contributed by atoms with van der Waals surface area (Å²) in [5.74, 6) is -1.16. The monoisotopic (exact) mass is 407 g/mol. The number of carbonyl (C=O) groups excluding carboxylic acids is 1. The van der Waals surface area contributed by atoms with E-state index in [0.29, 0.717) is 17.0 Å². The van der Waals surface area contributed by atoms with Crippen LogP contribution in [0.2, 0.25) is 5.02 Å². The molecule has 1 atom stereocenters. The predicted molar refractivity (Wildman–Crippen MR) is 113 cm³/mol. The predicted octanol–water partition coefficient (Wildman–Crippen LogP) is 5.15. The number of rotatable bonds is 8. The van der Waals surface area contributed by atoms with Gasteiger partial charge in [-0.1, -0.05) is 36.2 Å². The summed E-state index contributed by atoms with van der Waals surface area (Å²) in [6.45, 7) is 11.3. The van der Waals surface area contributed by atoms with E-state index in [0.717, 1.165) is 23.1 Å². The van der Waals surface area contributed by atoms with Gasteiger partial charge in [-0.2, -0.15) is 0 Å². The van der Waals surface area contributed by atoms with E-state index in [4.69, 9.17) is 16.3 Å². The molecule has 0 saturated carbocycles. The van der Waals surface area contributed by atoms with E-state index in [1.165, 1.54) is 11.9 Å². The van der Waals surface area contributed by atoms with Crippen molar-refractivity contribution in [3.63, 3.8) is 0 Å². The van der Waals surface area contributed by atoms with Gasteiger partial charge < -0.3 is 14.7 Å². The third-order valence-electron chi connectivity index (χ3n) is 4.42. The van der Waals surface area contributed by atoms with Gasteiger partial charge in [0.25, 0.3) is 0 Å². The SMILES string of the molecule is CC/C(C)=C(C)/C(=C(/C(OC(C)(C)C)C(=O)O)N(C)C=O)c1ccc(Cl)cc1. The molecule has 1 rings (SSSR count). The molecule has 0 heterocycles. The Morgan fingerprint density at radius 2 is 1.79 bits per heavy atom. The quantitative estimate of drug-likeness (QED) is 0.477. The molecule has 0 bridgehead atoms. The van der Waals surface area contributed by atoms with Gasteiger partial charge in [-0.15, -0.1) is 0 Å². The van der Waals surface area contributed by atoms with Crippen molar-refractivity contribution < 1.29 is 19.4 Å². The number of likely N-dealkylation sites (N-methyl/N-ethyl adjacent to an activating group) is 1. The molecule has 0 saturated heterocycles. The van der Waals surface area contributed by atoms with Crippen LogP contribution in [0.25, 0.3) is 5.57 Å². The lowest BCUT2D eigenvalue weighted by Crippen LogP contribution is -2.40. The van der Waals surface area contributed by atoms with E-state index in [2.05, 4.69) is 0 Å². The lowest BCUT2D eigenvalue weighted by Gasteiger charge is -2.32. The molecule has 0 aliphatic carbocycles. The Bertz CT molecular complexity index is 773. The van der Waals surface area contributed by atoms with Crippen LogP contribution in [0.1, 0.15) is 53.5 Å². The van der Waals surface area contributed by atoms with Gasteiger partial charge in [0.1, 0.15) is 0 Å². The molecule has 1 aromatic carbocycles. The Hall–Kier alpha value is -2.11. The van der Waals surface area contributed by atoms with Crippen molar-refractivity contribution in [1.82, 2.24) is 4.90 Å². The van der Waals surface area contributed by atoms with Gasteiger partial charge in [0.05, 0.1) is 11.3 Å². The van der Waals surface area contributed by atoms with Gasteiger partial charge in [0, 0.05) is 17.6 Å². The highest BCUT2D eigenvalue weighted by Crippen LogP contribution is 2.34. The van der Waals surface area contributed by atoms with Crippen LogP contribution in [0.5, 0.6) is 0 Å². The van der Waals surface area contributed by atoms with E-state index in [9.17, 15) is 14.7 Å². The molecule has 0 fully saturated rings. The van der Waals surface area contributed by atoms with Crippen molar-refractivity contribution in [2.75, 3.05) is 7.05 Å². The summed E-state index contributed by atoms with van der Waals surface area (Å²) >= 11 is 6.04. The van der Waals surface area contributed by atoms with Gasteiger partial charge >= 0.3 is 5.97 Å². The van der Waals surface area contributed by atoms with Crippen LogP contribution in [0.3, 0.4) is 0 Å². The molecular formula is C22H30ClNO4. The molecule has 0 radical (unpaired) electrons. The summed E-state index contributed by atoms with van der Waals surface area (Å²) in [5.41, 5.74) is 2.97. The Labute approximate surface area is 172 Å². The maximum atomic E-state index is 12.2. The summed E-state index contributed by atoms with van der Waals surface area (Å²) < 4.78 is 5.87. The number of amides is 1. The number of aliphatic carboxylic acids is 1. The summed E-state index contributed by atoms with van der Waals surface area (Å²) in [5, 5.41) is 10.5. The van der Waals surface area contributed by atoms with Crippen molar-refractivity contribution in [2.45, 2.75) is 59.7 Å². The summed E-state index contributed by atoms with van der Waals surface area (Å²) in [7, 11) is 1.54. The summed E-state index contributed by atoms with van der Waals surface area (Å²) in [4.78, 5) is 25.1. The van der Waals surface area contributed by atoms with Crippen molar-refractivity contribution in [1.29, 1.82) is 0 Å². The number of benzene rings is 1. The van der Waals surface area contributed by atoms with Gasteiger partial charge in [-0.05, 0) is 64.3 Å². The molecule has 0 spiro atoms. The molecule has 0 aliphatic rings. The van der Waals surface area contributed by atoms with Gasteiger partial charge in [0.15, 0.2) is 6.10 Å². The largest absolute Gasteiger partial charge is 0.479 e. The normalized spacial score (nSPS) is 14.7. The average molecular weight is 408 g/mol. The first-order chi connectivity index (χ1) is 12.9. The fourth-order valence-electron chi connectivity index (χ4n) is 2.78. The fourth-order valence-corrected chi connectivity index (χ4v) is 2.90. The molecule has 0 aliphatic heterocycles. The summed E-state index contributed by atoms with van der Waals surface area (Å²) in [6.07, 6.45) is 0.0705. The maximum absolute atomic E-state index is 12.2. The minimum absolute atomic E-state index is 0.282. The summed E-state index contributed by atoms with van der Waals surface area (Å²) in [6, 6.07) is 7.12. The van der Waals surface area contributed by atoms with Crippen LogP contribution in [0.15, 0.2) is 41.1 Å². The van der Waals surface area contributed by atoms with Crippen LogP contribution in [0, 0.1) is 0 Å². The van der Waals surface area contributed by atoms with Crippen molar-refractivity contribution in [3.05, 3.63) is 51.7 Å². The van der Waals surface area contributed by atoms with Gasteiger partial charge in [0.2, 0.25) is 6.41 Å². The number of allylic oxidation sites excluding steroid dienone is 3. The van der Waals surface area contributed by atoms with Gasteiger partial charge in [-0.25, -0.2) is 4.79 Å². The van der Waals surface area contributed by atoms with E-state index in [-0.39, 0.29) is 5.70 Å². The first kappa shape index (κ1) is 23.9. The van der Waals surface area contributed by atoms with Crippen molar-refractivity contribution in [2.24, 2.45) is 0 Å². The van der Waals surface area contributed by atoms with Crippen LogP contribution < -0.4 is 0 Å². The second kappa shape index (κ2) is 9.89. The first-order valence-corrected chi connectivity index (χ1v) is 9.56. The number of hydrogen-bond donors (Lipinski definition) is 1. The lowest BCUT2D eigenvalue weighted by atomic mass is 9.90. The molecule has 1 N–H and O–H groups in total. The number of halogens is 1. The van der Waals surface area contributed by atoms with Crippen molar-refractivity contribution >= 4 is 29.6 Å². The standard InChI is InChI=1S/C22H30ClNO4/c1-8-14(2)15(3)18(16-9-11-17(23)12-10-16)19(24(7)13-25)20(21(26)27)28-22(4,5)6/h9-13,20H,8H2,1-7H3,(H,26,27)/b15-14+,19-18+. The molecule has 28 heavy (non-hydrogen) atoms. The Kier molecular flexibility index (Phi) is 8.46. The average Bonchev–Trinajstić information content (AvgIpc) is 2.62. The van der Waals surface area contributed by atoms with E-state index in [1.54, 1.807) is 32.9 Å². The molecule has 1 amide bonds. The smallest absolute Gasteiger partial charge is 0.339 e. The van der Waals surface area contributed by atoms with E-state index >= 15 is 0 Å². The molecule has 0 aromatic heterocycles. The third kappa shape index (κ3) is 6.21. The lowest BCUT2D eigenvalue weighted by molar-refractivity contribution is -0.157. The van der Waals surface area contributed by atoms with E-state index in [1.807, 2.05) is 32.9 Å². The second-order valence-corrected chi connectivity index (χ2v) is 8.13. The number of carboxylic acids is 1. The second-order valence-electron chi connectivity index (χ2n) is 7.69. The number of nitrogens with zero attached hydrogens (tertiary/aromatic N) is 1. The Morgan fingerprint density at radius 1 is 1.25 bits per heavy atom. The minimum Gasteiger partial charge on any atom is -0.479 e. The molecule has 5 nitrogen and oxygen atoms in total. The Morgan fingerprint density at radius 3 is 2.18 bits per heavy atom. The number of carboxylic acid groups (broad SMARTS) is 1. The molecule has 1 aromatic rings. The zero-order chi connectivity index (χ0) is 21.6. The van der Waals surface area contributed by atoms with Crippen LogP contribution in [-0.4, -0.2) is 41.1 Å². The number of carbonyl (C=O) groups is 2. The zero-order valence-corrected chi connectivity index (χ0v) is 18.4. The first-order valence-electron chi connectivity index (χ1n) is 9.18. The Balaban J connectivity index is 3.96. The molecule has 6 heteroatoms. The highest BCUT2D eigenvalue weighted by Gasteiger charge is 2.34. The van der Waals surface area contributed by atoms with E-state index < -0.39 is 17.7 Å². The zero-order valence-electron chi connectivity index (χ0n) is 17.7. The topological polar surface area (TPSA) is 66.8 Å². The van der Waals surface area contributed by atoms with Crippen LogP contribution in [-0.2, 0) is 14.3 Å². The van der Waals surface area contributed by atoms with Crippen molar-refractivity contribution in [3.8, 4) is 0 Å². The maximum Gasteiger partial charge on any atom is 0.339 e. The minimum atomic E-state index is -1.32. The molecule has 154 valence electrons. The fraction of sp³-hybridized carbons (Fsp3) is 0.455. The number of ether oxygens (including phenoxy) is 1. The third-order valence-corrected chi connectivity index (χ3v) is 4.67. The van der Waals surface area contributed by atoms with Crippen LogP contribution in [0.4, 0.5) is 0 Å². The molecule has 1 unspecified atom stereocenters.